The Labute approximate surface area is 210 Å². The van der Waals surface area contributed by atoms with Crippen LogP contribution in [0.4, 0.5) is 31.5 Å². The number of amides is 3. The number of hydrogen-bond donors (Lipinski definition) is 5. The van der Waals surface area contributed by atoms with Gasteiger partial charge in [0.1, 0.15) is 22.9 Å². The first-order valence-corrected chi connectivity index (χ1v) is 11.0. The van der Waals surface area contributed by atoms with Crippen molar-refractivity contribution in [2.75, 3.05) is 21.7 Å². The van der Waals surface area contributed by atoms with Gasteiger partial charge in [-0.3, -0.25) is 19.5 Å². The molecule has 1 heterocycles. The third kappa shape index (κ3) is 5.45. The van der Waals surface area contributed by atoms with Crippen molar-refractivity contribution in [2.24, 2.45) is 0 Å². The standard InChI is InChI=1S/C26H22F2N6O3/c1-13-10-19(29)20(11-14(13)2)32-24(35)15-6-8-16(9-7-15)31-26(37)23-21(12-30-34-23)33-25(36)22-17(27)4-3-5-18(22)28/h3-12H,29H2,1-2H3,(H,30,34)(H,31,37)(H,32,35)(H,33,36). The van der Waals surface area contributed by atoms with Crippen molar-refractivity contribution < 1.29 is 23.2 Å². The van der Waals surface area contributed by atoms with Crippen LogP contribution in [0.25, 0.3) is 0 Å². The number of aryl methyl sites for hydroxylation is 2. The van der Waals surface area contributed by atoms with Crippen molar-refractivity contribution >= 4 is 40.5 Å². The van der Waals surface area contributed by atoms with E-state index < -0.39 is 29.0 Å². The van der Waals surface area contributed by atoms with Gasteiger partial charge in [0.05, 0.1) is 23.3 Å². The number of nitrogen functional groups attached to an aromatic ring is 1. The van der Waals surface area contributed by atoms with E-state index in [0.29, 0.717) is 22.6 Å². The molecule has 0 aliphatic heterocycles. The zero-order valence-electron chi connectivity index (χ0n) is 19.8. The van der Waals surface area contributed by atoms with Crippen molar-refractivity contribution in [3.63, 3.8) is 0 Å². The molecule has 3 aromatic carbocycles. The van der Waals surface area contributed by atoms with Crippen LogP contribution in [0.2, 0.25) is 0 Å². The van der Waals surface area contributed by atoms with Crippen molar-refractivity contribution in [3.05, 3.63) is 100 Å². The fourth-order valence-corrected chi connectivity index (χ4v) is 3.49. The minimum atomic E-state index is -1.08. The Morgan fingerprint density at radius 1 is 0.811 bits per heavy atom. The first-order valence-electron chi connectivity index (χ1n) is 11.0. The highest BCUT2D eigenvalue weighted by atomic mass is 19.1. The Kier molecular flexibility index (Phi) is 6.96. The maximum atomic E-state index is 13.9. The molecule has 3 amide bonds. The second-order valence-corrected chi connectivity index (χ2v) is 8.22. The van der Waals surface area contributed by atoms with Crippen LogP contribution in [0.5, 0.6) is 0 Å². The molecule has 0 saturated heterocycles. The third-order valence-electron chi connectivity index (χ3n) is 5.62. The molecular formula is C26H22F2N6O3. The molecule has 37 heavy (non-hydrogen) atoms. The topological polar surface area (TPSA) is 142 Å². The van der Waals surface area contributed by atoms with Gasteiger partial charge in [-0.2, -0.15) is 5.10 Å². The van der Waals surface area contributed by atoms with Gasteiger partial charge < -0.3 is 21.7 Å². The summed E-state index contributed by atoms with van der Waals surface area (Å²) in [5.41, 5.74) is 8.60. The van der Waals surface area contributed by atoms with E-state index in [0.717, 1.165) is 35.5 Å². The van der Waals surface area contributed by atoms with Gasteiger partial charge in [-0.15, -0.1) is 0 Å². The molecule has 188 valence electrons. The lowest BCUT2D eigenvalue weighted by Gasteiger charge is -2.12. The molecule has 11 heteroatoms. The maximum Gasteiger partial charge on any atom is 0.275 e. The fourth-order valence-electron chi connectivity index (χ4n) is 3.49. The third-order valence-corrected chi connectivity index (χ3v) is 5.62. The van der Waals surface area contributed by atoms with Crippen LogP contribution < -0.4 is 21.7 Å². The van der Waals surface area contributed by atoms with Gasteiger partial charge in [-0.1, -0.05) is 6.07 Å². The van der Waals surface area contributed by atoms with Crippen molar-refractivity contribution in [3.8, 4) is 0 Å². The number of benzene rings is 3. The molecule has 1 aromatic heterocycles. The highest BCUT2D eigenvalue weighted by Gasteiger charge is 2.21. The molecular weight excluding hydrogens is 482 g/mol. The summed E-state index contributed by atoms with van der Waals surface area (Å²) >= 11 is 0. The molecule has 0 spiro atoms. The van der Waals surface area contributed by atoms with E-state index in [4.69, 9.17) is 5.73 Å². The van der Waals surface area contributed by atoms with Crippen LogP contribution in [0.1, 0.15) is 42.3 Å². The number of carbonyl (C=O) groups is 3. The van der Waals surface area contributed by atoms with Crippen molar-refractivity contribution in [1.29, 1.82) is 0 Å². The summed E-state index contributed by atoms with van der Waals surface area (Å²) in [6.45, 7) is 3.84. The van der Waals surface area contributed by atoms with E-state index in [1.54, 1.807) is 12.1 Å². The number of nitrogens with two attached hydrogens (primary N) is 1. The van der Waals surface area contributed by atoms with Gasteiger partial charge in [-0.25, -0.2) is 8.78 Å². The van der Waals surface area contributed by atoms with E-state index in [2.05, 4.69) is 26.1 Å². The van der Waals surface area contributed by atoms with Gasteiger partial charge in [0.2, 0.25) is 0 Å². The molecule has 0 bridgehead atoms. The molecule has 6 N–H and O–H groups in total. The molecule has 0 radical (unpaired) electrons. The molecule has 0 unspecified atom stereocenters. The smallest absolute Gasteiger partial charge is 0.275 e. The summed E-state index contributed by atoms with van der Waals surface area (Å²) in [7, 11) is 0. The van der Waals surface area contributed by atoms with Crippen molar-refractivity contribution in [1.82, 2.24) is 10.2 Å². The fraction of sp³-hybridized carbons (Fsp3) is 0.0769. The van der Waals surface area contributed by atoms with Crippen LogP contribution in [-0.2, 0) is 0 Å². The number of carbonyl (C=O) groups excluding carboxylic acids is 3. The van der Waals surface area contributed by atoms with Gasteiger partial charge in [0.25, 0.3) is 17.7 Å². The second-order valence-electron chi connectivity index (χ2n) is 8.22. The lowest BCUT2D eigenvalue weighted by atomic mass is 10.1. The summed E-state index contributed by atoms with van der Waals surface area (Å²) in [5.74, 6) is -4.23. The monoisotopic (exact) mass is 504 g/mol. The Bertz CT molecular complexity index is 1500. The predicted octanol–water partition coefficient (Wildman–Crippen LogP) is 4.64. The Morgan fingerprint density at radius 3 is 2.11 bits per heavy atom. The quantitative estimate of drug-likeness (QED) is 0.243. The summed E-state index contributed by atoms with van der Waals surface area (Å²) in [4.78, 5) is 37.7. The SMILES string of the molecule is Cc1cc(N)c(NC(=O)c2ccc(NC(=O)c3[nH]ncc3NC(=O)c3c(F)cccc3F)cc2)cc1C. The van der Waals surface area contributed by atoms with Crippen molar-refractivity contribution in [2.45, 2.75) is 13.8 Å². The van der Waals surface area contributed by atoms with Gasteiger partial charge in [-0.05, 0) is 73.5 Å². The van der Waals surface area contributed by atoms with E-state index in [1.165, 1.54) is 24.3 Å². The molecule has 0 aliphatic carbocycles. The average Bonchev–Trinajstić information content (AvgIpc) is 3.31. The molecule has 0 atom stereocenters. The van der Waals surface area contributed by atoms with Gasteiger partial charge in [0.15, 0.2) is 0 Å². The predicted molar refractivity (Wildman–Crippen MR) is 136 cm³/mol. The highest BCUT2D eigenvalue weighted by Crippen LogP contribution is 2.24. The normalized spacial score (nSPS) is 10.6. The molecule has 0 fully saturated rings. The molecule has 4 aromatic rings. The zero-order chi connectivity index (χ0) is 26.7. The Hall–Kier alpha value is -5.06. The number of aromatic nitrogens is 2. The number of hydrogen-bond acceptors (Lipinski definition) is 5. The van der Waals surface area contributed by atoms with Crippen LogP contribution >= 0.6 is 0 Å². The van der Waals surface area contributed by atoms with E-state index >= 15 is 0 Å². The van der Waals surface area contributed by atoms with E-state index in [9.17, 15) is 23.2 Å². The van der Waals surface area contributed by atoms with Gasteiger partial charge in [0, 0.05) is 11.3 Å². The van der Waals surface area contributed by atoms with Crippen LogP contribution in [0.15, 0.2) is 60.8 Å². The minimum Gasteiger partial charge on any atom is -0.397 e. The van der Waals surface area contributed by atoms with E-state index in [1.807, 2.05) is 13.8 Å². The number of aromatic amines is 1. The number of rotatable bonds is 6. The number of H-pyrrole nitrogens is 1. The lowest BCUT2D eigenvalue weighted by molar-refractivity contribution is 0.101. The number of halogens is 2. The average molecular weight is 504 g/mol. The number of nitrogens with zero attached hydrogens (tertiary/aromatic N) is 1. The molecule has 0 aliphatic rings. The minimum absolute atomic E-state index is 0.0767. The van der Waals surface area contributed by atoms with E-state index in [-0.39, 0.29) is 17.3 Å². The van der Waals surface area contributed by atoms with Crippen LogP contribution in [0, 0.1) is 25.5 Å². The zero-order valence-corrected chi connectivity index (χ0v) is 19.8. The van der Waals surface area contributed by atoms with Crippen LogP contribution in [0.3, 0.4) is 0 Å². The number of anilines is 4. The first-order chi connectivity index (χ1) is 17.6. The molecule has 9 nitrogen and oxygen atoms in total. The summed E-state index contributed by atoms with van der Waals surface area (Å²) < 4.78 is 27.8. The first kappa shape index (κ1) is 25.0. The lowest BCUT2D eigenvalue weighted by Crippen LogP contribution is -2.19. The van der Waals surface area contributed by atoms with Crippen LogP contribution in [-0.4, -0.2) is 27.9 Å². The summed E-state index contributed by atoms with van der Waals surface area (Å²) in [6.07, 6.45) is 1.14. The molecule has 0 saturated carbocycles. The maximum absolute atomic E-state index is 13.9. The van der Waals surface area contributed by atoms with Gasteiger partial charge >= 0.3 is 0 Å². The Balaban J connectivity index is 1.43. The Morgan fingerprint density at radius 2 is 1.43 bits per heavy atom. The summed E-state index contributed by atoms with van der Waals surface area (Å²) in [5, 5.41) is 13.8. The highest BCUT2D eigenvalue weighted by molar-refractivity contribution is 6.12. The largest absolute Gasteiger partial charge is 0.397 e. The summed E-state index contributed by atoms with van der Waals surface area (Å²) in [6, 6.07) is 12.6. The second kappa shape index (κ2) is 10.3. The number of nitrogens with one attached hydrogen (secondary N) is 4. The molecule has 4 rings (SSSR count).